The summed E-state index contributed by atoms with van der Waals surface area (Å²) in [6, 6.07) is 14.0. The van der Waals surface area contributed by atoms with Crippen molar-refractivity contribution in [3.8, 4) is 5.75 Å². The molecule has 2 amide bonds. The summed E-state index contributed by atoms with van der Waals surface area (Å²) in [6.07, 6.45) is -0.168. The van der Waals surface area contributed by atoms with Crippen LogP contribution in [0.3, 0.4) is 0 Å². The van der Waals surface area contributed by atoms with Gasteiger partial charge >= 0.3 is 0 Å². The Morgan fingerprint density at radius 1 is 1.14 bits per heavy atom. The zero-order valence-corrected chi connectivity index (χ0v) is 16.5. The Labute approximate surface area is 164 Å². The van der Waals surface area contributed by atoms with Gasteiger partial charge in [0.15, 0.2) is 11.3 Å². The third-order valence-electron chi connectivity index (χ3n) is 5.07. The van der Waals surface area contributed by atoms with E-state index in [9.17, 15) is 14.4 Å². The molecule has 0 saturated heterocycles. The van der Waals surface area contributed by atoms with Gasteiger partial charge in [-0.05, 0) is 18.2 Å². The molecule has 1 aliphatic rings. The zero-order valence-electron chi connectivity index (χ0n) is 16.5. The molecule has 0 fully saturated rings. The second-order valence-electron chi connectivity index (χ2n) is 7.26. The number of ether oxygens (including phenoxy) is 1. The van der Waals surface area contributed by atoms with E-state index in [1.54, 1.807) is 57.3 Å². The van der Waals surface area contributed by atoms with Crippen LogP contribution in [0, 0.1) is 5.92 Å². The highest BCUT2D eigenvalue weighted by Gasteiger charge is 2.52. The Morgan fingerprint density at radius 3 is 2.54 bits per heavy atom. The van der Waals surface area contributed by atoms with E-state index in [1.165, 1.54) is 12.0 Å². The molecule has 0 saturated carbocycles. The first kappa shape index (κ1) is 19.6. The molecule has 3 rings (SSSR count). The Morgan fingerprint density at radius 2 is 1.86 bits per heavy atom. The highest BCUT2D eigenvalue weighted by molar-refractivity contribution is 6.12. The lowest BCUT2D eigenvalue weighted by Crippen LogP contribution is -2.54. The van der Waals surface area contributed by atoms with Crippen molar-refractivity contribution in [2.24, 2.45) is 5.92 Å². The second-order valence-corrected chi connectivity index (χ2v) is 7.26. The predicted octanol–water partition coefficient (Wildman–Crippen LogP) is 2.91. The van der Waals surface area contributed by atoms with E-state index in [0.29, 0.717) is 22.6 Å². The molecule has 1 atom stereocenters. The van der Waals surface area contributed by atoms with Crippen molar-refractivity contribution < 1.29 is 19.1 Å². The molecule has 0 radical (unpaired) electrons. The van der Waals surface area contributed by atoms with Crippen LogP contribution in [0.4, 0.5) is 5.69 Å². The minimum absolute atomic E-state index is 0.168. The number of likely N-dealkylation sites (N-methyl/N-ethyl adjacent to an activating group) is 1. The maximum atomic E-state index is 13.3. The molecule has 0 bridgehead atoms. The molecule has 0 aromatic heterocycles. The van der Waals surface area contributed by atoms with Crippen LogP contribution in [0.25, 0.3) is 0 Å². The number of fused-ring (bicyclic) bond motifs is 1. The smallest absolute Gasteiger partial charge is 0.257 e. The van der Waals surface area contributed by atoms with E-state index in [4.69, 9.17) is 4.74 Å². The number of carbonyl (C=O) groups is 3. The molecule has 2 aromatic rings. The van der Waals surface area contributed by atoms with Gasteiger partial charge in [0.2, 0.25) is 5.91 Å². The summed E-state index contributed by atoms with van der Waals surface area (Å²) in [7, 11) is 3.18. The van der Waals surface area contributed by atoms with Crippen molar-refractivity contribution in [1.29, 1.82) is 0 Å². The van der Waals surface area contributed by atoms with Crippen LogP contribution >= 0.6 is 0 Å². The summed E-state index contributed by atoms with van der Waals surface area (Å²) >= 11 is 0. The standard InChI is InChI=1S/C22H24N2O4/c1-14(2)20(26)23-22(13-19(25)15-8-7-9-16(12-15)28-4)17-10-5-6-11-18(17)24(3)21(22)27/h5-12,14H,13H2,1-4H3,(H,23,26). The van der Waals surface area contributed by atoms with Gasteiger partial charge in [0, 0.05) is 36.2 Å². The van der Waals surface area contributed by atoms with Gasteiger partial charge in [-0.1, -0.05) is 44.2 Å². The van der Waals surface area contributed by atoms with Crippen LogP contribution in [-0.2, 0) is 15.1 Å². The van der Waals surface area contributed by atoms with Crippen molar-refractivity contribution in [3.63, 3.8) is 0 Å². The number of nitrogens with zero attached hydrogens (tertiary/aromatic N) is 1. The van der Waals surface area contributed by atoms with Crippen molar-refractivity contribution >= 4 is 23.3 Å². The molecule has 2 aromatic carbocycles. The highest BCUT2D eigenvalue weighted by atomic mass is 16.5. The van der Waals surface area contributed by atoms with E-state index in [2.05, 4.69) is 5.32 Å². The molecule has 6 nitrogen and oxygen atoms in total. The van der Waals surface area contributed by atoms with Crippen LogP contribution in [0.1, 0.15) is 36.2 Å². The highest BCUT2D eigenvalue weighted by Crippen LogP contribution is 2.42. The molecule has 146 valence electrons. The predicted molar refractivity (Wildman–Crippen MR) is 106 cm³/mol. The summed E-state index contributed by atoms with van der Waals surface area (Å²) in [4.78, 5) is 40.4. The number of benzene rings is 2. The van der Waals surface area contributed by atoms with Crippen molar-refractivity contribution in [2.75, 3.05) is 19.1 Å². The molecular formula is C22H24N2O4. The first-order valence-corrected chi connectivity index (χ1v) is 9.17. The molecule has 1 N–H and O–H groups in total. The fourth-order valence-corrected chi connectivity index (χ4v) is 3.47. The number of anilines is 1. The molecule has 1 unspecified atom stereocenters. The Balaban J connectivity index is 2.07. The average Bonchev–Trinajstić information content (AvgIpc) is 2.90. The third kappa shape index (κ3) is 3.26. The van der Waals surface area contributed by atoms with Gasteiger partial charge in [0.25, 0.3) is 5.91 Å². The molecule has 0 spiro atoms. The minimum Gasteiger partial charge on any atom is -0.497 e. The van der Waals surface area contributed by atoms with E-state index in [1.807, 2.05) is 12.1 Å². The first-order chi connectivity index (χ1) is 13.3. The number of nitrogens with one attached hydrogen (secondary N) is 1. The zero-order chi connectivity index (χ0) is 20.5. The number of rotatable bonds is 6. The topological polar surface area (TPSA) is 75.7 Å². The monoisotopic (exact) mass is 380 g/mol. The third-order valence-corrected chi connectivity index (χ3v) is 5.07. The van der Waals surface area contributed by atoms with Gasteiger partial charge in [0.1, 0.15) is 5.75 Å². The van der Waals surface area contributed by atoms with E-state index in [-0.39, 0.29) is 29.9 Å². The van der Waals surface area contributed by atoms with Crippen LogP contribution in [-0.4, -0.2) is 31.8 Å². The Kier molecular flexibility index (Phi) is 5.23. The molecule has 6 heteroatoms. The number of methoxy groups -OCH3 is 1. The number of hydrogen-bond donors (Lipinski definition) is 1. The lowest BCUT2D eigenvalue weighted by Gasteiger charge is -2.30. The summed E-state index contributed by atoms with van der Waals surface area (Å²) in [6.45, 7) is 3.50. The maximum Gasteiger partial charge on any atom is 0.257 e. The van der Waals surface area contributed by atoms with E-state index < -0.39 is 5.54 Å². The fraction of sp³-hybridized carbons (Fsp3) is 0.318. The van der Waals surface area contributed by atoms with Crippen molar-refractivity contribution in [1.82, 2.24) is 5.32 Å². The van der Waals surface area contributed by atoms with E-state index >= 15 is 0 Å². The SMILES string of the molecule is COc1cccc(C(=O)CC2(NC(=O)C(C)C)C(=O)N(C)c3ccccc32)c1. The largest absolute Gasteiger partial charge is 0.497 e. The first-order valence-electron chi connectivity index (χ1n) is 9.17. The van der Waals surface area contributed by atoms with Gasteiger partial charge in [-0.2, -0.15) is 0 Å². The summed E-state index contributed by atoms with van der Waals surface area (Å²) < 4.78 is 5.19. The van der Waals surface area contributed by atoms with Crippen LogP contribution in [0.15, 0.2) is 48.5 Å². The summed E-state index contributed by atoms with van der Waals surface area (Å²) in [5.74, 6) is -0.617. The number of amides is 2. The van der Waals surface area contributed by atoms with E-state index in [0.717, 1.165) is 0 Å². The number of Topliss-reactive ketones (excluding diaryl/α,β-unsaturated/α-hetero) is 1. The number of hydrogen-bond acceptors (Lipinski definition) is 4. The fourth-order valence-electron chi connectivity index (χ4n) is 3.47. The van der Waals surface area contributed by atoms with Gasteiger partial charge < -0.3 is 15.0 Å². The number of para-hydroxylation sites is 1. The van der Waals surface area contributed by atoms with Gasteiger partial charge in [0.05, 0.1) is 7.11 Å². The summed E-state index contributed by atoms with van der Waals surface area (Å²) in [5.41, 5.74) is 0.326. The van der Waals surface area contributed by atoms with Crippen LogP contribution < -0.4 is 15.0 Å². The summed E-state index contributed by atoms with van der Waals surface area (Å²) in [5, 5.41) is 2.88. The van der Waals surface area contributed by atoms with Crippen molar-refractivity contribution in [2.45, 2.75) is 25.8 Å². The molecular weight excluding hydrogens is 356 g/mol. The lowest BCUT2D eigenvalue weighted by atomic mass is 9.84. The van der Waals surface area contributed by atoms with Gasteiger partial charge in [-0.15, -0.1) is 0 Å². The van der Waals surface area contributed by atoms with Crippen molar-refractivity contribution in [3.05, 3.63) is 59.7 Å². The lowest BCUT2D eigenvalue weighted by molar-refractivity contribution is -0.133. The maximum absolute atomic E-state index is 13.3. The molecule has 1 aliphatic heterocycles. The Hall–Kier alpha value is -3.15. The number of carbonyl (C=O) groups excluding carboxylic acids is 3. The van der Waals surface area contributed by atoms with Gasteiger partial charge in [-0.3, -0.25) is 14.4 Å². The normalized spacial score (nSPS) is 18.2. The molecule has 28 heavy (non-hydrogen) atoms. The quantitative estimate of drug-likeness (QED) is 0.782. The average molecular weight is 380 g/mol. The Bertz CT molecular complexity index is 938. The number of ketones is 1. The molecule has 1 heterocycles. The molecule has 0 aliphatic carbocycles. The second kappa shape index (κ2) is 7.46. The van der Waals surface area contributed by atoms with Crippen LogP contribution in [0.2, 0.25) is 0 Å². The van der Waals surface area contributed by atoms with Crippen LogP contribution in [0.5, 0.6) is 5.75 Å². The van der Waals surface area contributed by atoms with Gasteiger partial charge in [-0.25, -0.2) is 0 Å². The minimum atomic E-state index is -1.42.